The number of hydrogen-bond acceptors (Lipinski definition) is 5. The molecular formula is C24H30N6. The second-order valence-corrected chi connectivity index (χ2v) is 8.52. The van der Waals surface area contributed by atoms with E-state index in [4.69, 9.17) is 15.1 Å². The van der Waals surface area contributed by atoms with Crippen LogP contribution in [0.15, 0.2) is 41.4 Å². The molecule has 5 rings (SSSR count). The summed E-state index contributed by atoms with van der Waals surface area (Å²) in [5.74, 6) is 1.57. The second-order valence-electron chi connectivity index (χ2n) is 8.52. The topological polar surface area (TPSA) is 57.8 Å². The molecule has 0 radical (unpaired) electrons. The van der Waals surface area contributed by atoms with E-state index in [0.717, 1.165) is 54.6 Å². The molecule has 1 aliphatic carbocycles. The fraction of sp³-hybridized carbons (Fsp3) is 0.458. The highest BCUT2D eigenvalue weighted by Crippen LogP contribution is 2.37. The van der Waals surface area contributed by atoms with Crippen LogP contribution in [0.3, 0.4) is 0 Å². The summed E-state index contributed by atoms with van der Waals surface area (Å²) in [6.07, 6.45) is 3.27. The summed E-state index contributed by atoms with van der Waals surface area (Å²) in [5, 5.41) is 8.34. The molecule has 3 aromatic rings. The van der Waals surface area contributed by atoms with Crippen molar-refractivity contribution in [1.82, 2.24) is 19.9 Å². The van der Waals surface area contributed by atoms with E-state index in [1.165, 1.54) is 24.1 Å². The summed E-state index contributed by atoms with van der Waals surface area (Å²) in [6, 6.07) is 13.2. The predicted molar refractivity (Wildman–Crippen MR) is 122 cm³/mol. The number of piperazine rings is 1. The van der Waals surface area contributed by atoms with Crippen molar-refractivity contribution in [1.29, 1.82) is 0 Å². The quantitative estimate of drug-likeness (QED) is 0.657. The van der Waals surface area contributed by atoms with Gasteiger partial charge in [-0.05, 0) is 38.7 Å². The van der Waals surface area contributed by atoms with Crippen LogP contribution in [0, 0.1) is 12.8 Å². The minimum absolute atomic E-state index is 0.417. The van der Waals surface area contributed by atoms with Crippen molar-refractivity contribution in [2.45, 2.75) is 46.1 Å². The molecule has 156 valence electrons. The molecule has 6 heteroatoms. The summed E-state index contributed by atoms with van der Waals surface area (Å²) >= 11 is 0. The molecule has 1 aromatic carbocycles. The van der Waals surface area contributed by atoms with Crippen molar-refractivity contribution in [2.24, 2.45) is 10.9 Å². The van der Waals surface area contributed by atoms with E-state index in [1.54, 1.807) is 0 Å². The maximum absolute atomic E-state index is 5.24. The van der Waals surface area contributed by atoms with Crippen LogP contribution in [0.4, 0.5) is 11.5 Å². The predicted octanol–water partition coefficient (Wildman–Crippen LogP) is 3.93. The number of fused-ring (bicyclic) bond motifs is 1. The average molecular weight is 403 g/mol. The summed E-state index contributed by atoms with van der Waals surface area (Å²) in [7, 11) is 0. The van der Waals surface area contributed by atoms with E-state index in [2.05, 4.69) is 67.4 Å². The number of hydrogen-bond donors (Lipinski definition) is 1. The van der Waals surface area contributed by atoms with Gasteiger partial charge in [-0.15, -0.1) is 0 Å². The van der Waals surface area contributed by atoms with Gasteiger partial charge in [-0.2, -0.15) is 5.10 Å². The maximum Gasteiger partial charge on any atom is 0.183 e. The minimum Gasteiger partial charge on any atom is -0.351 e. The summed E-state index contributed by atoms with van der Waals surface area (Å²) < 4.78 is 1.98. The molecule has 6 nitrogen and oxygen atoms in total. The number of anilines is 1. The van der Waals surface area contributed by atoms with Crippen LogP contribution in [-0.4, -0.2) is 46.0 Å². The van der Waals surface area contributed by atoms with Crippen LogP contribution in [0.5, 0.6) is 0 Å². The first-order chi connectivity index (χ1) is 14.7. The molecule has 2 aliphatic rings. The molecule has 1 N–H and O–H groups in total. The molecule has 0 spiro atoms. The van der Waals surface area contributed by atoms with Crippen LogP contribution in [0.1, 0.15) is 43.6 Å². The summed E-state index contributed by atoms with van der Waals surface area (Å²) in [5.41, 5.74) is 6.33. The van der Waals surface area contributed by atoms with Gasteiger partial charge >= 0.3 is 0 Å². The Hall–Kier alpha value is -2.73. The van der Waals surface area contributed by atoms with Gasteiger partial charge in [-0.1, -0.05) is 37.3 Å². The third-order valence-corrected chi connectivity index (χ3v) is 6.20. The number of nitrogens with one attached hydrogen (secondary N) is 1. The first-order valence-electron chi connectivity index (χ1n) is 11.2. The van der Waals surface area contributed by atoms with Gasteiger partial charge in [0.25, 0.3) is 0 Å². The number of nitrogens with zero attached hydrogens (tertiary/aromatic N) is 5. The number of benzene rings is 1. The maximum atomic E-state index is 5.24. The van der Waals surface area contributed by atoms with Crippen molar-refractivity contribution >= 4 is 22.9 Å². The van der Waals surface area contributed by atoms with Gasteiger partial charge in [0, 0.05) is 43.4 Å². The number of aromatic nitrogens is 3. The van der Waals surface area contributed by atoms with Crippen LogP contribution in [-0.2, 0) is 6.42 Å². The highest BCUT2D eigenvalue weighted by Gasteiger charge is 2.30. The van der Waals surface area contributed by atoms with Gasteiger partial charge in [-0.25, -0.2) is 14.5 Å². The van der Waals surface area contributed by atoms with Gasteiger partial charge in [0.05, 0.1) is 11.4 Å². The van der Waals surface area contributed by atoms with E-state index in [9.17, 15) is 0 Å². The molecule has 1 aliphatic heterocycles. The molecule has 0 bridgehead atoms. The zero-order valence-electron chi connectivity index (χ0n) is 18.1. The Balaban J connectivity index is 1.67. The average Bonchev–Trinajstić information content (AvgIpc) is 3.54. The molecule has 3 heterocycles. The summed E-state index contributed by atoms with van der Waals surface area (Å²) in [6.45, 7) is 9.45. The van der Waals surface area contributed by atoms with Crippen LogP contribution in [0.25, 0.3) is 5.65 Å². The number of rotatable bonds is 5. The Kier molecular flexibility index (Phi) is 5.03. The van der Waals surface area contributed by atoms with E-state index < -0.39 is 0 Å². The highest BCUT2D eigenvalue weighted by molar-refractivity contribution is 6.05. The van der Waals surface area contributed by atoms with Crippen molar-refractivity contribution in [3.05, 3.63) is 53.3 Å². The SMILES string of the molecule is CCc1nn2c(C)cc(N3CCNC[C@H]3C)nc2c1N=C(c1ccccc1)C1CC1. The smallest absolute Gasteiger partial charge is 0.183 e. The van der Waals surface area contributed by atoms with Gasteiger partial charge in [0.15, 0.2) is 5.65 Å². The van der Waals surface area contributed by atoms with Crippen molar-refractivity contribution < 1.29 is 0 Å². The largest absolute Gasteiger partial charge is 0.351 e. The number of aryl methyl sites for hydroxylation is 2. The zero-order valence-corrected chi connectivity index (χ0v) is 18.1. The van der Waals surface area contributed by atoms with E-state index in [1.807, 2.05) is 4.52 Å². The third kappa shape index (κ3) is 3.49. The monoisotopic (exact) mass is 402 g/mol. The van der Waals surface area contributed by atoms with Crippen LogP contribution in [0.2, 0.25) is 0 Å². The van der Waals surface area contributed by atoms with Gasteiger partial charge in [0.2, 0.25) is 0 Å². The van der Waals surface area contributed by atoms with Crippen LogP contribution >= 0.6 is 0 Å². The Labute approximate surface area is 178 Å². The lowest BCUT2D eigenvalue weighted by atomic mass is 10.1. The second kappa shape index (κ2) is 7.84. The standard InChI is InChI=1S/C24H30N6/c1-4-20-23(27-22(19-10-11-19)18-8-6-5-7-9-18)24-26-21(14-16(2)30(24)28-20)29-13-12-25-15-17(29)3/h5-9,14,17,19,25H,4,10-13,15H2,1-3H3/t17-/m1/s1. The van der Waals surface area contributed by atoms with Crippen molar-refractivity contribution in [3.8, 4) is 0 Å². The zero-order chi connectivity index (χ0) is 20.7. The molecule has 2 fully saturated rings. The van der Waals surface area contributed by atoms with Gasteiger partial charge in [0.1, 0.15) is 11.5 Å². The minimum atomic E-state index is 0.417. The first-order valence-corrected chi connectivity index (χ1v) is 11.2. The lowest BCUT2D eigenvalue weighted by Crippen LogP contribution is -2.50. The Morgan fingerprint density at radius 1 is 1.23 bits per heavy atom. The van der Waals surface area contributed by atoms with Gasteiger partial charge < -0.3 is 10.2 Å². The molecule has 1 saturated carbocycles. The molecule has 1 atom stereocenters. The Morgan fingerprint density at radius 3 is 2.73 bits per heavy atom. The molecule has 1 saturated heterocycles. The fourth-order valence-electron chi connectivity index (χ4n) is 4.34. The normalized spacial score (nSPS) is 20.2. The molecule has 0 unspecified atom stereocenters. The van der Waals surface area contributed by atoms with Gasteiger partial charge in [-0.3, -0.25) is 0 Å². The summed E-state index contributed by atoms with van der Waals surface area (Å²) in [4.78, 5) is 12.7. The highest BCUT2D eigenvalue weighted by atomic mass is 15.3. The molecule has 2 aromatic heterocycles. The van der Waals surface area contributed by atoms with Crippen molar-refractivity contribution in [3.63, 3.8) is 0 Å². The Morgan fingerprint density at radius 2 is 2.03 bits per heavy atom. The van der Waals surface area contributed by atoms with Crippen LogP contribution < -0.4 is 10.2 Å². The first kappa shape index (κ1) is 19.2. The lowest BCUT2D eigenvalue weighted by molar-refractivity contribution is 0.497. The lowest BCUT2D eigenvalue weighted by Gasteiger charge is -2.35. The fourth-order valence-corrected chi connectivity index (χ4v) is 4.34. The molecule has 0 amide bonds. The third-order valence-electron chi connectivity index (χ3n) is 6.20. The van der Waals surface area contributed by atoms with E-state index in [0.29, 0.717) is 12.0 Å². The molecular weight excluding hydrogens is 372 g/mol. The molecule has 30 heavy (non-hydrogen) atoms. The Bertz CT molecular complexity index is 1080. The van der Waals surface area contributed by atoms with E-state index in [-0.39, 0.29) is 0 Å². The number of aliphatic imine (C=N–C) groups is 1. The van der Waals surface area contributed by atoms with Crippen molar-refractivity contribution in [2.75, 3.05) is 24.5 Å². The van der Waals surface area contributed by atoms with E-state index >= 15 is 0 Å².